The van der Waals surface area contributed by atoms with Crippen LogP contribution in [0.15, 0.2) is 24.3 Å². The Kier molecular flexibility index (Phi) is 6.57. The van der Waals surface area contributed by atoms with Gasteiger partial charge in [0.15, 0.2) is 0 Å². The van der Waals surface area contributed by atoms with Crippen LogP contribution >= 0.6 is 11.6 Å². The van der Waals surface area contributed by atoms with Crippen LogP contribution in [0, 0.1) is 0 Å². The Morgan fingerprint density at radius 2 is 1.88 bits per heavy atom. The Hall–Kier alpha value is -1.30. The number of hydrogen-bond donors (Lipinski definition) is 1. The Balaban J connectivity index is 1.43. The smallest absolute Gasteiger partial charge is 0.317 e. The Morgan fingerprint density at radius 3 is 2.60 bits per heavy atom. The van der Waals surface area contributed by atoms with Crippen LogP contribution in [-0.2, 0) is 0 Å². The maximum Gasteiger partial charge on any atom is 0.317 e. The number of nitrogens with zero attached hydrogens (tertiary/aromatic N) is 3. The van der Waals surface area contributed by atoms with Gasteiger partial charge in [0.2, 0.25) is 0 Å². The fourth-order valence-electron chi connectivity index (χ4n) is 3.67. The van der Waals surface area contributed by atoms with Gasteiger partial charge in [-0.25, -0.2) is 4.79 Å². The zero-order valence-corrected chi connectivity index (χ0v) is 15.8. The highest BCUT2D eigenvalue weighted by atomic mass is 35.5. The second-order valence-corrected chi connectivity index (χ2v) is 7.65. The van der Waals surface area contributed by atoms with E-state index in [9.17, 15) is 4.79 Å². The predicted octanol–water partition coefficient (Wildman–Crippen LogP) is 2.48. The number of likely N-dealkylation sites (N-methyl/N-ethyl adjacent to an activating group) is 1. The van der Waals surface area contributed by atoms with Gasteiger partial charge in [-0.1, -0.05) is 23.7 Å². The molecule has 0 unspecified atom stereocenters. The van der Waals surface area contributed by atoms with Crippen LogP contribution in [0.2, 0.25) is 5.02 Å². The second-order valence-electron chi connectivity index (χ2n) is 7.21. The quantitative estimate of drug-likeness (QED) is 0.892. The average Bonchev–Trinajstić information content (AvgIpc) is 2.64. The number of benzene rings is 1. The third-order valence-electron chi connectivity index (χ3n) is 5.35. The Labute approximate surface area is 155 Å². The van der Waals surface area contributed by atoms with Gasteiger partial charge in [-0.15, -0.1) is 0 Å². The van der Waals surface area contributed by atoms with Gasteiger partial charge in [0.25, 0.3) is 0 Å². The zero-order chi connectivity index (χ0) is 17.6. The third-order valence-corrected chi connectivity index (χ3v) is 5.60. The molecule has 2 saturated heterocycles. The number of rotatable bonds is 4. The molecule has 0 spiro atoms. The monoisotopic (exact) mass is 364 g/mol. The number of likely N-dealkylation sites (tertiary alicyclic amines) is 1. The molecule has 6 heteroatoms. The summed E-state index contributed by atoms with van der Waals surface area (Å²) in [6.45, 7) is 7.72. The molecule has 3 rings (SSSR count). The lowest BCUT2D eigenvalue weighted by Crippen LogP contribution is -2.49. The minimum Gasteiger partial charge on any atom is -0.337 e. The van der Waals surface area contributed by atoms with Crippen LogP contribution in [0.5, 0.6) is 0 Å². The molecule has 2 amide bonds. The van der Waals surface area contributed by atoms with Crippen LogP contribution < -0.4 is 5.32 Å². The van der Waals surface area contributed by atoms with Crippen molar-refractivity contribution in [3.05, 3.63) is 34.9 Å². The molecule has 0 aromatic heterocycles. The standard InChI is InChI=1S/C19H29ClN4O/c1-22-11-13-23(14-12-22)10-8-21-19(25)24-9-2-3-17(15-24)16-4-6-18(20)7-5-16/h4-7,17H,2-3,8-15H2,1H3,(H,21,25)/t17-/m0/s1. The van der Waals surface area contributed by atoms with Crippen LogP contribution in [0.1, 0.15) is 24.3 Å². The maximum absolute atomic E-state index is 12.5. The van der Waals surface area contributed by atoms with E-state index in [2.05, 4.69) is 34.3 Å². The first-order valence-corrected chi connectivity index (χ1v) is 9.69. The first-order valence-electron chi connectivity index (χ1n) is 9.31. The molecule has 2 heterocycles. The predicted molar refractivity (Wildman–Crippen MR) is 102 cm³/mol. The van der Waals surface area contributed by atoms with Crippen LogP contribution in [0.3, 0.4) is 0 Å². The van der Waals surface area contributed by atoms with Crippen LogP contribution in [-0.4, -0.2) is 80.1 Å². The number of carbonyl (C=O) groups is 1. The van der Waals surface area contributed by atoms with Crippen molar-refractivity contribution < 1.29 is 4.79 Å². The van der Waals surface area contributed by atoms with E-state index in [1.54, 1.807) is 0 Å². The third kappa shape index (κ3) is 5.33. The highest BCUT2D eigenvalue weighted by Gasteiger charge is 2.24. The highest BCUT2D eigenvalue weighted by molar-refractivity contribution is 6.30. The topological polar surface area (TPSA) is 38.8 Å². The molecule has 1 N–H and O–H groups in total. The molecule has 2 aliphatic heterocycles. The van der Waals surface area contributed by atoms with Crippen molar-refractivity contribution in [2.24, 2.45) is 0 Å². The van der Waals surface area contributed by atoms with Gasteiger partial charge in [0.05, 0.1) is 0 Å². The lowest BCUT2D eigenvalue weighted by molar-refractivity contribution is 0.150. The summed E-state index contributed by atoms with van der Waals surface area (Å²) in [7, 11) is 2.16. The summed E-state index contributed by atoms with van der Waals surface area (Å²) in [5.74, 6) is 0.411. The molecule has 1 aromatic carbocycles. The van der Waals surface area contributed by atoms with E-state index in [-0.39, 0.29) is 6.03 Å². The van der Waals surface area contributed by atoms with Gasteiger partial charge in [-0.3, -0.25) is 4.90 Å². The average molecular weight is 365 g/mol. The van der Waals surface area contributed by atoms with Crippen molar-refractivity contribution in [1.29, 1.82) is 0 Å². The number of nitrogens with one attached hydrogen (secondary N) is 1. The van der Waals surface area contributed by atoms with Gasteiger partial charge < -0.3 is 15.1 Å². The van der Waals surface area contributed by atoms with Crippen molar-refractivity contribution in [1.82, 2.24) is 20.0 Å². The second kappa shape index (κ2) is 8.88. The number of amides is 2. The summed E-state index contributed by atoms with van der Waals surface area (Å²) in [6.07, 6.45) is 2.19. The normalized spacial score (nSPS) is 22.8. The highest BCUT2D eigenvalue weighted by Crippen LogP contribution is 2.27. The summed E-state index contributed by atoms with van der Waals surface area (Å²) < 4.78 is 0. The minimum atomic E-state index is 0.0767. The Morgan fingerprint density at radius 1 is 1.16 bits per heavy atom. The van der Waals surface area contributed by atoms with Crippen LogP contribution in [0.25, 0.3) is 0 Å². The minimum absolute atomic E-state index is 0.0767. The van der Waals surface area contributed by atoms with E-state index in [1.165, 1.54) is 5.56 Å². The molecule has 25 heavy (non-hydrogen) atoms. The summed E-state index contributed by atoms with van der Waals surface area (Å²) in [5.41, 5.74) is 1.28. The number of piperidine rings is 1. The summed E-state index contributed by atoms with van der Waals surface area (Å²) in [5, 5.41) is 3.86. The zero-order valence-electron chi connectivity index (χ0n) is 15.1. The van der Waals surface area contributed by atoms with Crippen molar-refractivity contribution >= 4 is 17.6 Å². The van der Waals surface area contributed by atoms with E-state index in [0.717, 1.165) is 70.2 Å². The summed E-state index contributed by atoms with van der Waals surface area (Å²) in [6, 6.07) is 8.12. The molecule has 0 saturated carbocycles. The molecule has 2 aliphatic rings. The van der Waals surface area contributed by atoms with Gasteiger partial charge in [-0.2, -0.15) is 0 Å². The SMILES string of the molecule is CN1CCN(CCNC(=O)N2CCC[C@H](c3ccc(Cl)cc3)C2)CC1. The fraction of sp³-hybridized carbons (Fsp3) is 0.632. The van der Waals surface area contributed by atoms with Gasteiger partial charge in [0.1, 0.15) is 0 Å². The maximum atomic E-state index is 12.5. The largest absolute Gasteiger partial charge is 0.337 e. The molecule has 0 radical (unpaired) electrons. The number of hydrogen-bond acceptors (Lipinski definition) is 3. The molecule has 5 nitrogen and oxygen atoms in total. The van der Waals surface area contributed by atoms with Gasteiger partial charge >= 0.3 is 6.03 Å². The first kappa shape index (κ1) is 18.5. The Bertz CT molecular complexity index is 557. The molecular weight excluding hydrogens is 336 g/mol. The molecule has 0 bridgehead atoms. The molecule has 138 valence electrons. The van der Waals surface area contributed by atoms with E-state index in [1.807, 2.05) is 17.0 Å². The van der Waals surface area contributed by atoms with Crippen molar-refractivity contribution in [3.63, 3.8) is 0 Å². The number of piperazine rings is 1. The molecule has 1 aromatic rings. The molecule has 2 fully saturated rings. The van der Waals surface area contributed by atoms with E-state index < -0.39 is 0 Å². The first-order chi connectivity index (χ1) is 12.1. The summed E-state index contributed by atoms with van der Waals surface area (Å²) in [4.78, 5) is 19.2. The fourth-order valence-corrected chi connectivity index (χ4v) is 3.80. The van der Waals surface area contributed by atoms with E-state index in [4.69, 9.17) is 11.6 Å². The number of carbonyl (C=O) groups excluding carboxylic acids is 1. The van der Waals surface area contributed by atoms with Crippen molar-refractivity contribution in [2.45, 2.75) is 18.8 Å². The van der Waals surface area contributed by atoms with Crippen LogP contribution in [0.4, 0.5) is 4.79 Å². The van der Waals surface area contributed by atoms with Gasteiger partial charge in [0, 0.05) is 63.3 Å². The lowest BCUT2D eigenvalue weighted by Gasteiger charge is -2.34. The number of halogens is 1. The molecule has 1 atom stereocenters. The molecule has 0 aliphatic carbocycles. The van der Waals surface area contributed by atoms with Crippen molar-refractivity contribution in [2.75, 3.05) is 59.4 Å². The lowest BCUT2D eigenvalue weighted by atomic mass is 9.91. The number of urea groups is 1. The summed E-state index contributed by atoms with van der Waals surface area (Å²) >= 11 is 5.98. The van der Waals surface area contributed by atoms with E-state index in [0.29, 0.717) is 5.92 Å². The molecular formula is C19H29ClN4O. The van der Waals surface area contributed by atoms with Gasteiger partial charge in [-0.05, 0) is 37.6 Å². The van der Waals surface area contributed by atoms with Crippen molar-refractivity contribution in [3.8, 4) is 0 Å². The van der Waals surface area contributed by atoms with E-state index >= 15 is 0 Å².